The predicted octanol–water partition coefficient (Wildman–Crippen LogP) is 1.26. The van der Waals surface area contributed by atoms with Crippen molar-refractivity contribution in [3.8, 4) is 0 Å². The third-order valence-electron chi connectivity index (χ3n) is 2.15. The van der Waals surface area contributed by atoms with Gasteiger partial charge >= 0.3 is 0 Å². The summed E-state index contributed by atoms with van der Waals surface area (Å²) in [6.45, 7) is 0.705. The number of rotatable bonds is 6. The van der Waals surface area contributed by atoms with Crippen molar-refractivity contribution in [2.24, 2.45) is 5.84 Å². The molecule has 1 heterocycles. The Kier molecular flexibility index (Phi) is 5.78. The van der Waals surface area contributed by atoms with Crippen LogP contribution in [0.4, 0.5) is 0 Å². The highest BCUT2D eigenvalue weighted by molar-refractivity contribution is 9.10. The molecule has 5 heteroatoms. The Morgan fingerprint density at radius 2 is 2.40 bits per heavy atom. The van der Waals surface area contributed by atoms with Crippen molar-refractivity contribution in [3.05, 3.63) is 28.5 Å². The molecule has 84 valence electrons. The first-order valence-corrected chi connectivity index (χ1v) is 5.60. The van der Waals surface area contributed by atoms with Crippen LogP contribution in [0.2, 0.25) is 0 Å². The van der Waals surface area contributed by atoms with Crippen LogP contribution < -0.4 is 11.3 Å². The Labute approximate surface area is 98.3 Å². The first kappa shape index (κ1) is 12.6. The summed E-state index contributed by atoms with van der Waals surface area (Å²) >= 11 is 3.39. The molecular formula is C10H16BrN3O. The number of pyridine rings is 1. The summed E-state index contributed by atoms with van der Waals surface area (Å²) in [6, 6.07) is 2.27. The maximum absolute atomic E-state index is 5.46. The molecule has 0 aliphatic rings. The van der Waals surface area contributed by atoms with Crippen LogP contribution in [-0.4, -0.2) is 24.7 Å². The number of nitrogens with one attached hydrogen (secondary N) is 1. The molecule has 15 heavy (non-hydrogen) atoms. The summed E-state index contributed by atoms with van der Waals surface area (Å²) in [7, 11) is 1.69. The molecule has 0 aromatic carbocycles. The highest BCUT2D eigenvalue weighted by atomic mass is 79.9. The molecular weight excluding hydrogens is 258 g/mol. The smallest absolute Gasteiger partial charge is 0.0477 e. The molecule has 1 aromatic rings. The van der Waals surface area contributed by atoms with Crippen LogP contribution in [0, 0.1) is 0 Å². The minimum Gasteiger partial charge on any atom is -0.385 e. The summed E-state index contributed by atoms with van der Waals surface area (Å²) in [6.07, 6.45) is 5.36. The minimum absolute atomic E-state index is 0.223. The topological polar surface area (TPSA) is 60.2 Å². The van der Waals surface area contributed by atoms with Gasteiger partial charge in [-0.1, -0.05) is 0 Å². The number of methoxy groups -OCH3 is 1. The number of nitrogens with zero attached hydrogens (tertiary/aromatic N) is 1. The quantitative estimate of drug-likeness (QED) is 0.605. The van der Waals surface area contributed by atoms with Crippen molar-refractivity contribution in [2.75, 3.05) is 13.7 Å². The molecule has 0 fully saturated rings. The number of hydrogen-bond donors (Lipinski definition) is 2. The van der Waals surface area contributed by atoms with E-state index in [2.05, 4.69) is 26.3 Å². The van der Waals surface area contributed by atoms with Crippen molar-refractivity contribution < 1.29 is 4.74 Å². The fraction of sp³-hybridized carbons (Fsp3) is 0.500. The maximum Gasteiger partial charge on any atom is 0.0477 e. The first-order chi connectivity index (χ1) is 7.26. The van der Waals surface area contributed by atoms with Crippen LogP contribution in [0.1, 0.15) is 12.0 Å². The van der Waals surface area contributed by atoms with Crippen molar-refractivity contribution >= 4 is 15.9 Å². The summed E-state index contributed by atoms with van der Waals surface area (Å²) in [5, 5.41) is 0. The molecule has 1 atom stereocenters. The lowest BCUT2D eigenvalue weighted by Gasteiger charge is -2.15. The molecule has 0 radical (unpaired) electrons. The fourth-order valence-corrected chi connectivity index (χ4v) is 1.77. The molecule has 1 unspecified atom stereocenters. The third-order valence-corrected chi connectivity index (χ3v) is 2.58. The second kappa shape index (κ2) is 6.90. The van der Waals surface area contributed by atoms with E-state index in [1.54, 1.807) is 13.3 Å². The number of aromatic nitrogens is 1. The molecule has 1 aromatic heterocycles. The van der Waals surface area contributed by atoms with E-state index in [0.717, 1.165) is 22.9 Å². The molecule has 0 bridgehead atoms. The Morgan fingerprint density at radius 3 is 3.00 bits per heavy atom. The minimum atomic E-state index is 0.223. The van der Waals surface area contributed by atoms with E-state index in [0.29, 0.717) is 6.61 Å². The highest BCUT2D eigenvalue weighted by Crippen LogP contribution is 2.11. The van der Waals surface area contributed by atoms with Crippen LogP contribution in [0.15, 0.2) is 22.9 Å². The maximum atomic E-state index is 5.46. The Morgan fingerprint density at radius 1 is 1.60 bits per heavy atom. The van der Waals surface area contributed by atoms with Crippen molar-refractivity contribution in [1.29, 1.82) is 0 Å². The zero-order valence-corrected chi connectivity index (χ0v) is 10.3. The second-order valence-electron chi connectivity index (χ2n) is 3.36. The Bertz CT molecular complexity index is 296. The van der Waals surface area contributed by atoms with Crippen LogP contribution in [0.3, 0.4) is 0 Å². The molecule has 3 N–H and O–H groups in total. The van der Waals surface area contributed by atoms with Crippen molar-refractivity contribution in [2.45, 2.75) is 18.9 Å². The number of halogens is 1. The van der Waals surface area contributed by atoms with Crippen LogP contribution in [0.25, 0.3) is 0 Å². The first-order valence-electron chi connectivity index (χ1n) is 4.80. The largest absolute Gasteiger partial charge is 0.385 e. The lowest BCUT2D eigenvalue weighted by molar-refractivity contribution is 0.182. The molecule has 0 saturated heterocycles. The third kappa shape index (κ3) is 4.70. The standard InChI is InChI=1S/C10H16BrN3O/c1-15-3-2-10(14-12)5-8-4-9(11)7-13-6-8/h4,6-7,10,14H,2-3,5,12H2,1H3. The van der Waals surface area contributed by atoms with Gasteiger partial charge in [0.2, 0.25) is 0 Å². The number of nitrogens with two attached hydrogens (primary N) is 1. The predicted molar refractivity (Wildman–Crippen MR) is 63.2 cm³/mol. The summed E-state index contributed by atoms with van der Waals surface area (Å²) in [5.74, 6) is 5.46. The molecule has 0 aliphatic carbocycles. The van der Waals surface area contributed by atoms with Gasteiger partial charge in [0.25, 0.3) is 0 Å². The van der Waals surface area contributed by atoms with Gasteiger partial charge in [0.15, 0.2) is 0 Å². The lowest BCUT2D eigenvalue weighted by atomic mass is 10.1. The van der Waals surface area contributed by atoms with Crippen molar-refractivity contribution in [3.63, 3.8) is 0 Å². The second-order valence-corrected chi connectivity index (χ2v) is 4.28. The van der Waals surface area contributed by atoms with E-state index < -0.39 is 0 Å². The summed E-state index contributed by atoms with van der Waals surface area (Å²) in [4.78, 5) is 4.11. The normalized spacial score (nSPS) is 12.7. The van der Waals surface area contributed by atoms with Gasteiger partial charge in [-0.3, -0.25) is 16.3 Å². The number of hydrogen-bond acceptors (Lipinski definition) is 4. The van der Waals surface area contributed by atoms with Gasteiger partial charge in [-0.05, 0) is 40.4 Å². The van der Waals surface area contributed by atoms with Crippen molar-refractivity contribution in [1.82, 2.24) is 10.4 Å². The monoisotopic (exact) mass is 273 g/mol. The molecule has 0 amide bonds. The zero-order chi connectivity index (χ0) is 11.1. The van der Waals surface area contributed by atoms with Crippen LogP contribution in [0.5, 0.6) is 0 Å². The van der Waals surface area contributed by atoms with Gasteiger partial charge in [0.1, 0.15) is 0 Å². The molecule has 0 aliphatic heterocycles. The lowest BCUT2D eigenvalue weighted by Crippen LogP contribution is -2.37. The van der Waals surface area contributed by atoms with Crippen LogP contribution in [-0.2, 0) is 11.2 Å². The number of ether oxygens (including phenoxy) is 1. The van der Waals surface area contributed by atoms with Gasteiger partial charge in [0, 0.05) is 36.6 Å². The summed E-state index contributed by atoms with van der Waals surface area (Å²) < 4.78 is 6.00. The van der Waals surface area contributed by atoms with Gasteiger partial charge in [0.05, 0.1) is 0 Å². The average Bonchev–Trinajstić information content (AvgIpc) is 2.24. The molecule has 1 rings (SSSR count). The van der Waals surface area contributed by atoms with E-state index in [1.807, 2.05) is 12.3 Å². The van der Waals surface area contributed by atoms with Gasteiger partial charge in [-0.15, -0.1) is 0 Å². The Balaban J connectivity index is 2.50. The summed E-state index contributed by atoms with van der Waals surface area (Å²) in [5.41, 5.74) is 3.94. The highest BCUT2D eigenvalue weighted by Gasteiger charge is 2.07. The SMILES string of the molecule is COCCC(Cc1cncc(Br)c1)NN. The zero-order valence-electron chi connectivity index (χ0n) is 8.74. The van der Waals surface area contributed by atoms with Gasteiger partial charge < -0.3 is 4.74 Å². The van der Waals surface area contributed by atoms with E-state index in [-0.39, 0.29) is 6.04 Å². The van der Waals surface area contributed by atoms with E-state index in [4.69, 9.17) is 10.6 Å². The fourth-order valence-electron chi connectivity index (χ4n) is 1.36. The van der Waals surface area contributed by atoms with E-state index in [9.17, 15) is 0 Å². The molecule has 0 spiro atoms. The Hall–Kier alpha value is -0.490. The average molecular weight is 274 g/mol. The van der Waals surface area contributed by atoms with Crippen LogP contribution >= 0.6 is 15.9 Å². The molecule has 4 nitrogen and oxygen atoms in total. The number of hydrazine groups is 1. The van der Waals surface area contributed by atoms with E-state index in [1.165, 1.54) is 0 Å². The van der Waals surface area contributed by atoms with Gasteiger partial charge in [-0.2, -0.15) is 0 Å². The molecule has 0 saturated carbocycles. The van der Waals surface area contributed by atoms with Gasteiger partial charge in [-0.25, -0.2) is 0 Å². The van der Waals surface area contributed by atoms with E-state index >= 15 is 0 Å².